The first-order valence-electron chi connectivity index (χ1n) is 7.27. The third kappa shape index (κ3) is 3.12. The van der Waals surface area contributed by atoms with Gasteiger partial charge in [0, 0.05) is 29.6 Å². The Morgan fingerprint density at radius 3 is 2.70 bits per heavy atom. The fraction of sp³-hybridized carbons (Fsp3) is 0.118. The van der Waals surface area contributed by atoms with Crippen LogP contribution in [0, 0.1) is 0 Å². The molecule has 3 rings (SSSR count). The summed E-state index contributed by atoms with van der Waals surface area (Å²) in [4.78, 5) is 23.5. The van der Waals surface area contributed by atoms with Crippen LogP contribution in [0.25, 0.3) is 22.0 Å². The molecule has 0 aliphatic carbocycles. The van der Waals surface area contributed by atoms with Gasteiger partial charge in [-0.25, -0.2) is 5.10 Å². The van der Waals surface area contributed by atoms with Gasteiger partial charge in [0.05, 0.1) is 11.1 Å². The van der Waals surface area contributed by atoms with Gasteiger partial charge in [0.15, 0.2) is 0 Å². The highest BCUT2D eigenvalue weighted by Gasteiger charge is 2.09. The molecule has 1 aromatic heterocycles. The van der Waals surface area contributed by atoms with Gasteiger partial charge in [-0.2, -0.15) is 5.10 Å². The van der Waals surface area contributed by atoms with Crippen molar-refractivity contribution in [3.8, 4) is 11.3 Å². The number of hydrogen-bond donors (Lipinski definition) is 3. The maximum Gasteiger partial charge on any atom is 0.272 e. The number of nitrogens with two attached hydrogens (primary N) is 1. The van der Waals surface area contributed by atoms with Crippen LogP contribution >= 0.6 is 0 Å². The molecule has 3 aromatic rings. The molecule has 4 N–H and O–H groups in total. The van der Waals surface area contributed by atoms with Crippen LogP contribution in [-0.2, 0) is 4.79 Å². The SMILES string of the molecule is NCCC(=O)Nc1cccc(-c2n[nH]c(=O)c3ccccc23)c1. The second-order valence-electron chi connectivity index (χ2n) is 5.11. The summed E-state index contributed by atoms with van der Waals surface area (Å²) in [5.41, 5.74) is 7.29. The second-order valence-corrected chi connectivity index (χ2v) is 5.11. The van der Waals surface area contributed by atoms with Crippen LogP contribution in [0.2, 0.25) is 0 Å². The zero-order valence-electron chi connectivity index (χ0n) is 12.4. The molecule has 0 saturated heterocycles. The quantitative estimate of drug-likeness (QED) is 0.685. The zero-order chi connectivity index (χ0) is 16.2. The predicted octanol–water partition coefficient (Wildman–Crippen LogP) is 1.88. The van der Waals surface area contributed by atoms with Crippen molar-refractivity contribution in [2.24, 2.45) is 5.73 Å². The molecule has 116 valence electrons. The summed E-state index contributed by atoms with van der Waals surface area (Å²) in [7, 11) is 0. The Morgan fingerprint density at radius 1 is 1.13 bits per heavy atom. The van der Waals surface area contributed by atoms with E-state index in [1.807, 2.05) is 36.4 Å². The molecular formula is C17H16N4O2. The van der Waals surface area contributed by atoms with E-state index in [0.717, 1.165) is 10.9 Å². The Hall–Kier alpha value is -2.99. The highest BCUT2D eigenvalue weighted by Crippen LogP contribution is 2.26. The van der Waals surface area contributed by atoms with E-state index >= 15 is 0 Å². The van der Waals surface area contributed by atoms with Crippen molar-refractivity contribution in [1.82, 2.24) is 10.2 Å². The smallest absolute Gasteiger partial charge is 0.272 e. The second kappa shape index (κ2) is 6.41. The van der Waals surface area contributed by atoms with Crippen molar-refractivity contribution in [3.05, 3.63) is 58.9 Å². The first-order chi connectivity index (χ1) is 11.2. The molecule has 0 atom stereocenters. The molecule has 2 aromatic carbocycles. The largest absolute Gasteiger partial charge is 0.330 e. The summed E-state index contributed by atoms with van der Waals surface area (Å²) >= 11 is 0. The van der Waals surface area contributed by atoms with Crippen molar-refractivity contribution in [1.29, 1.82) is 0 Å². The lowest BCUT2D eigenvalue weighted by atomic mass is 10.0. The summed E-state index contributed by atoms with van der Waals surface area (Å²) in [5, 5.41) is 10.8. The highest BCUT2D eigenvalue weighted by atomic mass is 16.1. The van der Waals surface area contributed by atoms with Gasteiger partial charge in [0.1, 0.15) is 0 Å². The molecule has 0 saturated carbocycles. The van der Waals surface area contributed by atoms with Crippen LogP contribution in [0.1, 0.15) is 6.42 Å². The molecule has 0 aliphatic heterocycles. The summed E-state index contributed by atoms with van der Waals surface area (Å²) < 4.78 is 0. The fourth-order valence-corrected chi connectivity index (χ4v) is 2.43. The number of aromatic nitrogens is 2. The standard InChI is InChI=1S/C17H16N4O2/c18-9-8-15(22)19-12-5-3-4-11(10-12)16-13-6-1-2-7-14(13)17(23)21-20-16/h1-7,10H,8-9,18H2,(H,19,22)(H,21,23). The number of rotatable bonds is 4. The molecule has 6 heteroatoms. The lowest BCUT2D eigenvalue weighted by molar-refractivity contribution is -0.116. The maximum atomic E-state index is 11.9. The summed E-state index contributed by atoms with van der Waals surface area (Å²) in [6.07, 6.45) is 0.268. The molecule has 23 heavy (non-hydrogen) atoms. The number of H-pyrrole nitrogens is 1. The molecule has 0 aliphatic rings. The van der Waals surface area contributed by atoms with Gasteiger partial charge in [-0.15, -0.1) is 0 Å². The Kier molecular flexibility index (Phi) is 4.16. The van der Waals surface area contributed by atoms with Gasteiger partial charge in [-0.3, -0.25) is 9.59 Å². The van der Waals surface area contributed by atoms with Gasteiger partial charge < -0.3 is 11.1 Å². The van der Waals surface area contributed by atoms with Crippen molar-refractivity contribution in [2.75, 3.05) is 11.9 Å². The average molecular weight is 308 g/mol. The fourth-order valence-electron chi connectivity index (χ4n) is 2.43. The Morgan fingerprint density at radius 2 is 1.91 bits per heavy atom. The van der Waals surface area contributed by atoms with Crippen molar-refractivity contribution >= 4 is 22.4 Å². The number of fused-ring (bicyclic) bond motifs is 1. The number of nitrogens with zero attached hydrogens (tertiary/aromatic N) is 1. The van der Waals surface area contributed by atoms with E-state index in [1.165, 1.54) is 0 Å². The van der Waals surface area contributed by atoms with Crippen LogP contribution in [0.4, 0.5) is 5.69 Å². The van der Waals surface area contributed by atoms with E-state index in [-0.39, 0.29) is 17.9 Å². The number of carbonyl (C=O) groups is 1. The number of aromatic amines is 1. The zero-order valence-corrected chi connectivity index (χ0v) is 12.4. The van der Waals surface area contributed by atoms with Crippen LogP contribution in [0.15, 0.2) is 53.3 Å². The van der Waals surface area contributed by atoms with E-state index in [1.54, 1.807) is 12.1 Å². The maximum absolute atomic E-state index is 11.9. The third-order valence-electron chi connectivity index (χ3n) is 3.49. The van der Waals surface area contributed by atoms with Gasteiger partial charge in [0.2, 0.25) is 5.91 Å². The minimum atomic E-state index is -0.225. The summed E-state index contributed by atoms with van der Waals surface area (Å²) in [5.74, 6) is -0.135. The van der Waals surface area contributed by atoms with Crippen LogP contribution < -0.4 is 16.6 Å². The molecule has 6 nitrogen and oxygen atoms in total. The number of hydrogen-bond acceptors (Lipinski definition) is 4. The minimum absolute atomic E-state index is 0.135. The van der Waals surface area contributed by atoms with Crippen LogP contribution in [0.5, 0.6) is 0 Å². The molecule has 1 amide bonds. The Balaban J connectivity index is 2.04. The molecule has 0 spiro atoms. The summed E-state index contributed by atoms with van der Waals surface area (Å²) in [6, 6.07) is 14.6. The van der Waals surface area contributed by atoms with Crippen LogP contribution in [0.3, 0.4) is 0 Å². The first kappa shape index (κ1) is 14.9. The number of benzene rings is 2. The topological polar surface area (TPSA) is 101 Å². The van der Waals surface area contributed by atoms with Gasteiger partial charge in [0.25, 0.3) is 5.56 Å². The first-order valence-corrected chi connectivity index (χ1v) is 7.27. The van der Waals surface area contributed by atoms with E-state index in [0.29, 0.717) is 23.3 Å². The average Bonchev–Trinajstić information content (AvgIpc) is 2.56. The lowest BCUT2D eigenvalue weighted by Gasteiger charge is -2.08. The van der Waals surface area contributed by atoms with E-state index in [2.05, 4.69) is 15.5 Å². The Labute approximate surface area is 132 Å². The summed E-state index contributed by atoms with van der Waals surface area (Å²) in [6.45, 7) is 0.303. The normalized spacial score (nSPS) is 10.7. The van der Waals surface area contributed by atoms with Gasteiger partial charge >= 0.3 is 0 Å². The predicted molar refractivity (Wildman–Crippen MR) is 90.1 cm³/mol. The van der Waals surface area contributed by atoms with E-state index < -0.39 is 0 Å². The monoisotopic (exact) mass is 308 g/mol. The molecule has 0 radical (unpaired) electrons. The minimum Gasteiger partial charge on any atom is -0.330 e. The van der Waals surface area contributed by atoms with Crippen LogP contribution in [-0.4, -0.2) is 22.6 Å². The number of carbonyl (C=O) groups excluding carboxylic acids is 1. The molecule has 0 fully saturated rings. The number of anilines is 1. The third-order valence-corrected chi connectivity index (χ3v) is 3.49. The van der Waals surface area contributed by atoms with E-state index in [9.17, 15) is 9.59 Å². The lowest BCUT2D eigenvalue weighted by Crippen LogP contribution is -2.16. The van der Waals surface area contributed by atoms with Gasteiger partial charge in [-0.1, -0.05) is 30.3 Å². The van der Waals surface area contributed by atoms with Gasteiger partial charge in [-0.05, 0) is 18.2 Å². The Bertz CT molecular complexity index is 918. The highest BCUT2D eigenvalue weighted by molar-refractivity contribution is 5.95. The van der Waals surface area contributed by atoms with Crippen molar-refractivity contribution < 1.29 is 4.79 Å². The van der Waals surface area contributed by atoms with Crippen molar-refractivity contribution in [2.45, 2.75) is 6.42 Å². The molecular weight excluding hydrogens is 292 g/mol. The van der Waals surface area contributed by atoms with Crippen molar-refractivity contribution in [3.63, 3.8) is 0 Å². The molecule has 0 unspecified atom stereocenters. The van der Waals surface area contributed by atoms with E-state index in [4.69, 9.17) is 5.73 Å². The molecule has 1 heterocycles. The number of nitrogens with one attached hydrogen (secondary N) is 2. The number of amides is 1. The molecule has 0 bridgehead atoms.